The summed E-state index contributed by atoms with van der Waals surface area (Å²) in [5.74, 6) is 0. The van der Waals surface area contributed by atoms with Crippen LogP contribution in [0.25, 0.3) is 11.3 Å². The Hall–Kier alpha value is -3.59. The lowest BCUT2D eigenvalue weighted by Crippen LogP contribution is -2.27. The first-order valence-electron chi connectivity index (χ1n) is 10.5. The van der Waals surface area contributed by atoms with E-state index in [-0.39, 0.29) is 17.8 Å². The highest BCUT2D eigenvalue weighted by Crippen LogP contribution is 2.35. The molecule has 0 aliphatic carbocycles. The number of pyridine rings is 1. The van der Waals surface area contributed by atoms with Crippen molar-refractivity contribution in [2.24, 2.45) is 0 Å². The molecule has 2 aromatic carbocycles. The van der Waals surface area contributed by atoms with Crippen molar-refractivity contribution in [1.82, 2.24) is 4.98 Å². The molecule has 0 aliphatic rings. The van der Waals surface area contributed by atoms with Crippen LogP contribution in [-0.4, -0.2) is 16.7 Å². The van der Waals surface area contributed by atoms with Gasteiger partial charge in [-0.1, -0.05) is 24.3 Å². The lowest BCUT2D eigenvalue weighted by atomic mass is 10.0. The highest BCUT2D eigenvalue weighted by Gasteiger charge is 2.32. The molecule has 0 aliphatic heterocycles. The van der Waals surface area contributed by atoms with Gasteiger partial charge in [0.2, 0.25) is 0 Å². The van der Waals surface area contributed by atoms with Crippen molar-refractivity contribution in [3.05, 3.63) is 82.7 Å². The number of ether oxygens (including phenoxy) is 1. The smallest absolute Gasteiger partial charge is 0.416 e. The number of carbonyl (C=O) groups is 1. The number of benzene rings is 2. The number of rotatable bonds is 5. The van der Waals surface area contributed by atoms with Crippen LogP contribution in [0.3, 0.4) is 0 Å². The van der Waals surface area contributed by atoms with Gasteiger partial charge in [-0.3, -0.25) is 10.3 Å². The second kappa shape index (κ2) is 9.72. The molecule has 1 amide bonds. The van der Waals surface area contributed by atoms with Crippen molar-refractivity contribution in [3.8, 4) is 11.3 Å². The predicted molar refractivity (Wildman–Crippen MR) is 125 cm³/mol. The molecule has 0 fully saturated rings. The van der Waals surface area contributed by atoms with Crippen LogP contribution in [0.4, 0.5) is 29.3 Å². The summed E-state index contributed by atoms with van der Waals surface area (Å²) in [6.07, 6.45) is -3.57. The summed E-state index contributed by atoms with van der Waals surface area (Å²) in [7, 11) is 0. The number of aromatic nitrogens is 1. The molecule has 1 heterocycles. The molecule has 34 heavy (non-hydrogen) atoms. The van der Waals surface area contributed by atoms with Gasteiger partial charge in [-0.05, 0) is 69.2 Å². The van der Waals surface area contributed by atoms with Crippen LogP contribution in [0, 0.1) is 12.1 Å². The highest BCUT2D eigenvalue weighted by molar-refractivity contribution is 5.85. The van der Waals surface area contributed by atoms with Crippen LogP contribution in [0.2, 0.25) is 0 Å². The van der Waals surface area contributed by atoms with E-state index in [0.717, 1.165) is 6.07 Å². The Bertz CT molecular complexity index is 1160. The van der Waals surface area contributed by atoms with E-state index in [1.54, 1.807) is 63.4 Å². The second-order valence-electron chi connectivity index (χ2n) is 8.75. The first-order valence-corrected chi connectivity index (χ1v) is 10.5. The monoisotopic (exact) mass is 472 g/mol. The number of nitrogens with one attached hydrogen (secondary N) is 1. The molecule has 1 aromatic heterocycles. The highest BCUT2D eigenvalue weighted by atomic mass is 19.4. The van der Waals surface area contributed by atoms with Crippen molar-refractivity contribution in [2.75, 3.05) is 10.4 Å². The van der Waals surface area contributed by atoms with Gasteiger partial charge < -0.3 is 15.0 Å². The van der Waals surface area contributed by atoms with Gasteiger partial charge in [0.25, 0.3) is 0 Å². The number of hydroxylamine groups is 1. The Balaban J connectivity index is 1.80. The Morgan fingerprint density at radius 3 is 2.38 bits per heavy atom. The standard InChI is InChI=1S/C25H25F3N3O3/c1-16-7-12-20(14-21(16)25(26,27)28)31(33)15-18-6-5-13-29-22(18)17-8-10-19(11-9-17)30-23(32)34-24(2,3)4/h5-14H,15H2,1-4H3,(H,30,32)/q-1. The number of nitrogens with zero attached hydrogens (tertiary/aromatic N) is 2. The van der Waals surface area contributed by atoms with Gasteiger partial charge in [-0.15, -0.1) is 0 Å². The molecular formula is C25H25F3N3O3-. The summed E-state index contributed by atoms with van der Waals surface area (Å²) in [6.45, 7) is 6.44. The van der Waals surface area contributed by atoms with Gasteiger partial charge in [0.05, 0.1) is 11.3 Å². The Kier molecular flexibility index (Phi) is 7.16. The first kappa shape index (κ1) is 25.0. The predicted octanol–water partition coefficient (Wildman–Crippen LogP) is 6.93. The molecule has 0 saturated heterocycles. The molecule has 9 heteroatoms. The third-order valence-electron chi connectivity index (χ3n) is 4.82. The Morgan fingerprint density at radius 1 is 1.09 bits per heavy atom. The summed E-state index contributed by atoms with van der Waals surface area (Å²) in [4.78, 5) is 16.3. The normalized spacial score (nSPS) is 11.8. The molecule has 1 N–H and O–H groups in total. The van der Waals surface area contributed by atoms with E-state index in [9.17, 15) is 23.2 Å². The number of alkyl halides is 3. The number of amides is 1. The molecule has 0 radical (unpaired) electrons. The van der Waals surface area contributed by atoms with Crippen LogP contribution in [0.1, 0.15) is 37.5 Å². The summed E-state index contributed by atoms with van der Waals surface area (Å²) in [5.41, 5.74) is 0.727. The fourth-order valence-electron chi connectivity index (χ4n) is 3.28. The lowest BCUT2D eigenvalue weighted by Gasteiger charge is -2.32. The molecule has 0 saturated carbocycles. The molecule has 6 nitrogen and oxygen atoms in total. The molecule has 3 rings (SSSR count). The summed E-state index contributed by atoms with van der Waals surface area (Å²) < 4.78 is 44.9. The van der Waals surface area contributed by atoms with Crippen LogP contribution in [0.15, 0.2) is 60.8 Å². The zero-order valence-corrected chi connectivity index (χ0v) is 19.2. The maximum absolute atomic E-state index is 13.2. The number of anilines is 2. The second-order valence-corrected chi connectivity index (χ2v) is 8.75. The maximum Gasteiger partial charge on any atom is 0.416 e. The van der Waals surface area contributed by atoms with Crippen molar-refractivity contribution in [1.29, 1.82) is 0 Å². The molecular weight excluding hydrogens is 447 g/mol. The van der Waals surface area contributed by atoms with Crippen LogP contribution >= 0.6 is 0 Å². The number of hydrogen-bond acceptors (Lipinski definition) is 5. The summed E-state index contributed by atoms with van der Waals surface area (Å²) in [5, 5.41) is 15.9. The van der Waals surface area contributed by atoms with Gasteiger partial charge in [0.15, 0.2) is 0 Å². The minimum absolute atomic E-state index is 0.0480. The minimum Gasteiger partial charge on any atom is -0.758 e. The van der Waals surface area contributed by atoms with E-state index in [0.29, 0.717) is 27.6 Å². The van der Waals surface area contributed by atoms with Crippen molar-refractivity contribution in [3.63, 3.8) is 0 Å². The largest absolute Gasteiger partial charge is 0.758 e. The van der Waals surface area contributed by atoms with Crippen molar-refractivity contribution in [2.45, 2.75) is 46.0 Å². The number of aryl methyl sites for hydroxylation is 1. The third kappa shape index (κ3) is 6.48. The molecule has 3 aromatic rings. The van der Waals surface area contributed by atoms with Crippen molar-refractivity contribution < 1.29 is 22.7 Å². The van der Waals surface area contributed by atoms with Gasteiger partial charge in [0.1, 0.15) is 5.60 Å². The third-order valence-corrected chi connectivity index (χ3v) is 4.82. The van der Waals surface area contributed by atoms with E-state index in [1.807, 2.05) is 0 Å². The van der Waals surface area contributed by atoms with Gasteiger partial charge in [-0.2, -0.15) is 13.2 Å². The fourth-order valence-corrected chi connectivity index (χ4v) is 3.28. The van der Waals surface area contributed by atoms with Crippen molar-refractivity contribution >= 4 is 17.5 Å². The van der Waals surface area contributed by atoms with E-state index in [1.165, 1.54) is 19.1 Å². The molecule has 0 unspecified atom stereocenters. The van der Waals surface area contributed by atoms with Crippen LogP contribution in [-0.2, 0) is 17.5 Å². The molecule has 180 valence electrons. The van der Waals surface area contributed by atoms with E-state index in [2.05, 4.69) is 10.3 Å². The number of hydrogen-bond donors (Lipinski definition) is 1. The van der Waals surface area contributed by atoms with Gasteiger partial charge in [0, 0.05) is 29.7 Å². The quantitative estimate of drug-likeness (QED) is 0.408. The fraction of sp³-hybridized carbons (Fsp3) is 0.280. The molecule has 0 spiro atoms. The Morgan fingerprint density at radius 2 is 1.76 bits per heavy atom. The average molecular weight is 472 g/mol. The first-order chi connectivity index (χ1) is 15.8. The summed E-state index contributed by atoms with van der Waals surface area (Å²) in [6, 6.07) is 13.6. The number of carbonyl (C=O) groups excluding carboxylic acids is 1. The average Bonchev–Trinajstić information content (AvgIpc) is 2.73. The molecule has 0 bridgehead atoms. The lowest BCUT2D eigenvalue weighted by molar-refractivity contribution is -0.138. The SMILES string of the molecule is Cc1ccc(N([O-])Cc2cccnc2-c2ccc(NC(=O)OC(C)(C)C)cc2)cc1C(F)(F)F. The summed E-state index contributed by atoms with van der Waals surface area (Å²) >= 11 is 0. The zero-order chi connectivity index (χ0) is 25.1. The number of halogens is 3. The van der Waals surface area contributed by atoms with Crippen LogP contribution in [0.5, 0.6) is 0 Å². The minimum atomic E-state index is -4.55. The van der Waals surface area contributed by atoms with E-state index < -0.39 is 23.4 Å². The maximum atomic E-state index is 13.2. The van der Waals surface area contributed by atoms with E-state index >= 15 is 0 Å². The Labute approximate surface area is 196 Å². The van der Waals surface area contributed by atoms with E-state index in [4.69, 9.17) is 4.74 Å². The zero-order valence-electron chi connectivity index (χ0n) is 19.2. The van der Waals surface area contributed by atoms with Gasteiger partial charge in [-0.25, -0.2) is 4.79 Å². The van der Waals surface area contributed by atoms with Crippen LogP contribution < -0.4 is 10.4 Å². The van der Waals surface area contributed by atoms with Gasteiger partial charge >= 0.3 is 12.3 Å². The topological polar surface area (TPSA) is 77.5 Å². The molecule has 0 atom stereocenters.